The Hall–Kier alpha value is -3.46. The van der Waals surface area contributed by atoms with Crippen LogP contribution in [0.2, 0.25) is 10.0 Å². The predicted molar refractivity (Wildman–Crippen MR) is 143 cm³/mol. The molecule has 3 aromatic carbocycles. The summed E-state index contributed by atoms with van der Waals surface area (Å²) in [6.07, 6.45) is 1.69. The number of amidine groups is 1. The van der Waals surface area contributed by atoms with Gasteiger partial charge >= 0.3 is 5.97 Å². The molecule has 0 spiro atoms. The van der Waals surface area contributed by atoms with Crippen molar-refractivity contribution in [3.8, 4) is 11.5 Å². The summed E-state index contributed by atoms with van der Waals surface area (Å²) >= 11 is 13.9. The molecule has 0 unspecified atom stereocenters. The van der Waals surface area contributed by atoms with Crippen molar-refractivity contribution < 1.29 is 24.2 Å². The third-order valence-corrected chi connectivity index (χ3v) is 6.91. The van der Waals surface area contributed by atoms with E-state index in [9.17, 15) is 14.7 Å². The standard InChI is InChI=1S/C26H20Cl2N2O5S/c1-30-24(31)22(36-26(30)29-18-8-5-7-16(13-18)25(32)33)12-15-10-20(28)23(21(11-15)34-2)35-14-17-6-3-4-9-19(17)27/h3-13H,14H2,1-2H3,(H,32,33)/b22-12-,29-26?. The van der Waals surface area contributed by atoms with Gasteiger partial charge in [-0.1, -0.05) is 47.5 Å². The van der Waals surface area contributed by atoms with Gasteiger partial charge in [0.25, 0.3) is 5.91 Å². The lowest BCUT2D eigenvalue weighted by Crippen LogP contribution is -2.23. The topological polar surface area (TPSA) is 88.4 Å². The Kier molecular flexibility index (Phi) is 7.88. The van der Waals surface area contributed by atoms with Crippen LogP contribution in [0.15, 0.2) is 70.6 Å². The molecule has 1 amide bonds. The molecule has 0 bridgehead atoms. The van der Waals surface area contributed by atoms with E-state index in [1.54, 1.807) is 43.5 Å². The number of nitrogens with zero attached hydrogens (tertiary/aromatic N) is 2. The minimum atomic E-state index is -1.05. The Bertz CT molecular complexity index is 1410. The molecule has 10 heteroatoms. The zero-order valence-corrected chi connectivity index (χ0v) is 21.5. The van der Waals surface area contributed by atoms with E-state index in [1.807, 2.05) is 18.2 Å². The molecule has 0 saturated carbocycles. The van der Waals surface area contributed by atoms with Gasteiger partial charge in [-0.3, -0.25) is 9.69 Å². The fourth-order valence-corrected chi connectivity index (χ4v) is 4.80. The lowest BCUT2D eigenvalue weighted by molar-refractivity contribution is -0.121. The maximum Gasteiger partial charge on any atom is 0.335 e. The van der Waals surface area contributed by atoms with Gasteiger partial charge in [-0.2, -0.15) is 0 Å². The molecule has 1 heterocycles. The maximum atomic E-state index is 12.8. The van der Waals surface area contributed by atoms with Crippen molar-refractivity contribution in [2.24, 2.45) is 4.99 Å². The van der Waals surface area contributed by atoms with Crippen LogP contribution < -0.4 is 9.47 Å². The minimum absolute atomic E-state index is 0.114. The Morgan fingerprint density at radius 2 is 1.89 bits per heavy atom. The summed E-state index contributed by atoms with van der Waals surface area (Å²) in [4.78, 5) is 30.4. The Labute approximate surface area is 221 Å². The first-order chi connectivity index (χ1) is 17.3. The zero-order valence-electron chi connectivity index (χ0n) is 19.2. The molecule has 1 N–H and O–H groups in total. The van der Waals surface area contributed by atoms with Gasteiger partial charge in [-0.15, -0.1) is 0 Å². The molecule has 1 aliphatic rings. The molecule has 4 rings (SSSR count). The van der Waals surface area contributed by atoms with Crippen molar-refractivity contribution in [2.75, 3.05) is 14.2 Å². The van der Waals surface area contributed by atoms with Crippen LogP contribution >= 0.6 is 35.0 Å². The van der Waals surface area contributed by atoms with Crippen LogP contribution in [0, 0.1) is 0 Å². The van der Waals surface area contributed by atoms with Gasteiger partial charge in [-0.05, 0) is 59.8 Å². The van der Waals surface area contributed by atoms with Gasteiger partial charge in [-0.25, -0.2) is 9.79 Å². The summed E-state index contributed by atoms with van der Waals surface area (Å²) in [6, 6.07) is 16.9. The van der Waals surface area contributed by atoms with Crippen molar-refractivity contribution in [3.63, 3.8) is 0 Å². The number of carboxylic acids is 1. The van der Waals surface area contributed by atoms with Gasteiger partial charge in [0.2, 0.25) is 0 Å². The quantitative estimate of drug-likeness (QED) is 0.342. The van der Waals surface area contributed by atoms with Crippen molar-refractivity contribution in [3.05, 3.63) is 92.3 Å². The molecule has 0 aromatic heterocycles. The van der Waals surface area contributed by atoms with Crippen LogP contribution in [0.1, 0.15) is 21.5 Å². The number of carbonyl (C=O) groups is 2. The summed E-state index contributed by atoms with van der Waals surface area (Å²) < 4.78 is 11.4. The fraction of sp³-hybridized carbons (Fsp3) is 0.115. The number of carboxylic acid groups (broad SMARTS) is 1. The number of halogens is 2. The number of aliphatic imine (C=N–C) groups is 1. The number of rotatable bonds is 7. The van der Waals surface area contributed by atoms with Gasteiger partial charge in [0.15, 0.2) is 16.7 Å². The van der Waals surface area contributed by atoms with Crippen molar-refractivity contribution >= 4 is 63.8 Å². The van der Waals surface area contributed by atoms with Gasteiger partial charge in [0.1, 0.15) is 6.61 Å². The van der Waals surface area contributed by atoms with E-state index in [2.05, 4.69) is 4.99 Å². The van der Waals surface area contributed by atoms with E-state index in [0.717, 1.165) is 5.56 Å². The molecule has 1 aliphatic heterocycles. The molecule has 0 atom stereocenters. The highest BCUT2D eigenvalue weighted by molar-refractivity contribution is 8.18. The van der Waals surface area contributed by atoms with Gasteiger partial charge in [0, 0.05) is 17.6 Å². The average Bonchev–Trinajstić information content (AvgIpc) is 3.11. The molecule has 1 saturated heterocycles. The number of hydrogen-bond donors (Lipinski definition) is 1. The molecule has 184 valence electrons. The lowest BCUT2D eigenvalue weighted by atomic mass is 10.1. The zero-order chi connectivity index (χ0) is 25.8. The number of ether oxygens (including phenoxy) is 2. The molecule has 1 fully saturated rings. The van der Waals surface area contributed by atoms with Crippen molar-refractivity contribution in [2.45, 2.75) is 6.61 Å². The molecular formula is C26H20Cl2N2O5S. The Morgan fingerprint density at radius 1 is 1.11 bits per heavy atom. The van der Waals surface area contributed by atoms with Gasteiger partial charge in [0.05, 0.1) is 28.3 Å². The number of amides is 1. The third-order valence-electron chi connectivity index (χ3n) is 5.20. The maximum absolute atomic E-state index is 12.8. The summed E-state index contributed by atoms with van der Waals surface area (Å²) in [5.74, 6) is -0.526. The predicted octanol–water partition coefficient (Wildman–Crippen LogP) is 6.51. The summed E-state index contributed by atoms with van der Waals surface area (Å²) in [5, 5.41) is 10.5. The van der Waals surface area contributed by atoms with Crippen LogP contribution in [0.5, 0.6) is 11.5 Å². The second-order valence-corrected chi connectivity index (χ2v) is 9.46. The number of hydrogen-bond acceptors (Lipinski definition) is 6. The first-order valence-electron chi connectivity index (χ1n) is 10.6. The number of thioether (sulfide) groups is 1. The second kappa shape index (κ2) is 11.1. The number of benzene rings is 3. The number of methoxy groups -OCH3 is 1. The van der Waals surface area contributed by atoms with Crippen molar-refractivity contribution in [1.82, 2.24) is 4.90 Å². The van der Waals surface area contributed by atoms with Crippen molar-refractivity contribution in [1.29, 1.82) is 0 Å². The van der Waals surface area contributed by atoms with E-state index in [0.29, 0.717) is 42.9 Å². The van der Waals surface area contributed by atoms with Crippen LogP contribution in [0.3, 0.4) is 0 Å². The lowest BCUT2D eigenvalue weighted by Gasteiger charge is -2.14. The van der Waals surface area contributed by atoms with Crippen LogP contribution in [-0.2, 0) is 11.4 Å². The normalized spacial score (nSPS) is 15.6. The molecule has 3 aromatic rings. The van der Waals surface area contributed by atoms with Crippen LogP contribution in [0.25, 0.3) is 6.08 Å². The first-order valence-corrected chi connectivity index (χ1v) is 12.2. The highest BCUT2D eigenvalue weighted by Crippen LogP contribution is 2.39. The molecule has 36 heavy (non-hydrogen) atoms. The number of likely N-dealkylation sites (N-methyl/N-ethyl adjacent to an activating group) is 1. The average molecular weight is 543 g/mol. The summed E-state index contributed by atoms with van der Waals surface area (Å²) in [5.41, 5.74) is 1.99. The third kappa shape index (κ3) is 5.67. The van der Waals surface area contributed by atoms with E-state index in [-0.39, 0.29) is 18.1 Å². The van der Waals surface area contributed by atoms with E-state index >= 15 is 0 Å². The van der Waals surface area contributed by atoms with E-state index in [4.69, 9.17) is 32.7 Å². The van der Waals surface area contributed by atoms with E-state index in [1.165, 1.54) is 35.9 Å². The largest absolute Gasteiger partial charge is 0.493 e. The highest BCUT2D eigenvalue weighted by atomic mass is 35.5. The van der Waals surface area contributed by atoms with E-state index < -0.39 is 5.97 Å². The molecule has 7 nitrogen and oxygen atoms in total. The minimum Gasteiger partial charge on any atom is -0.493 e. The number of aromatic carboxylic acids is 1. The molecular weight excluding hydrogens is 523 g/mol. The fourth-order valence-electron chi connectivity index (χ4n) is 3.35. The molecule has 0 aliphatic carbocycles. The number of carbonyl (C=O) groups excluding carboxylic acids is 1. The van der Waals surface area contributed by atoms with Crippen LogP contribution in [0.4, 0.5) is 5.69 Å². The Morgan fingerprint density at radius 3 is 2.61 bits per heavy atom. The summed E-state index contributed by atoms with van der Waals surface area (Å²) in [7, 11) is 3.11. The SMILES string of the molecule is COc1cc(/C=C2\SC(=Nc3cccc(C(=O)O)c3)N(C)C2=O)cc(Cl)c1OCc1ccccc1Cl. The van der Waals surface area contributed by atoms with Gasteiger partial charge < -0.3 is 14.6 Å². The monoisotopic (exact) mass is 542 g/mol. The van der Waals surface area contributed by atoms with Crippen LogP contribution in [-0.4, -0.2) is 41.2 Å². The molecule has 0 radical (unpaired) electrons. The second-order valence-electron chi connectivity index (χ2n) is 7.64. The Balaban J connectivity index is 1.58. The first kappa shape index (κ1) is 25.6. The highest BCUT2D eigenvalue weighted by Gasteiger charge is 2.30. The smallest absolute Gasteiger partial charge is 0.335 e. The summed E-state index contributed by atoms with van der Waals surface area (Å²) in [6.45, 7) is 0.207.